The van der Waals surface area contributed by atoms with E-state index >= 15 is 0 Å². The molecule has 0 aliphatic carbocycles. The Hall–Kier alpha value is -1.60. The minimum atomic E-state index is -4.57. The Morgan fingerprint density at radius 2 is 1.76 bits per heavy atom. The largest absolute Gasteiger partial charge is 0.433 e. The van der Waals surface area contributed by atoms with Crippen molar-refractivity contribution in [3.63, 3.8) is 0 Å². The summed E-state index contributed by atoms with van der Waals surface area (Å²) >= 11 is 0. The molecule has 0 unspecified atom stereocenters. The van der Waals surface area contributed by atoms with E-state index in [0.717, 1.165) is 18.5 Å². The molecule has 1 aromatic heterocycles. The summed E-state index contributed by atoms with van der Waals surface area (Å²) in [7, 11) is 0. The fraction of sp³-hybridized carbons (Fsp3) is 0.333. The van der Waals surface area contributed by atoms with E-state index in [1.54, 1.807) is 0 Å². The SMILES string of the molecule is FC(F)(F)CN=Cc1ccc(C(F)(F)F)nc1. The van der Waals surface area contributed by atoms with Gasteiger partial charge in [-0.05, 0) is 12.1 Å². The Balaban J connectivity index is 2.69. The number of alkyl halides is 6. The van der Waals surface area contributed by atoms with Crippen LogP contribution in [0, 0.1) is 0 Å². The van der Waals surface area contributed by atoms with Gasteiger partial charge in [0.2, 0.25) is 0 Å². The summed E-state index contributed by atoms with van der Waals surface area (Å²) < 4.78 is 71.4. The highest BCUT2D eigenvalue weighted by atomic mass is 19.4. The molecule has 0 aliphatic rings. The molecule has 0 atom stereocenters. The lowest BCUT2D eigenvalue weighted by Gasteiger charge is -2.04. The lowest BCUT2D eigenvalue weighted by molar-refractivity contribution is -0.141. The molecule has 0 spiro atoms. The second kappa shape index (κ2) is 4.72. The molecule has 0 amide bonds. The van der Waals surface area contributed by atoms with Crippen LogP contribution in [-0.2, 0) is 6.18 Å². The molecule has 0 N–H and O–H groups in total. The van der Waals surface area contributed by atoms with Crippen LogP contribution < -0.4 is 0 Å². The first-order valence-corrected chi connectivity index (χ1v) is 4.28. The molecule has 17 heavy (non-hydrogen) atoms. The van der Waals surface area contributed by atoms with Gasteiger partial charge in [0.15, 0.2) is 0 Å². The number of nitrogens with zero attached hydrogens (tertiary/aromatic N) is 2. The number of rotatable bonds is 2. The van der Waals surface area contributed by atoms with Crippen molar-refractivity contribution in [1.82, 2.24) is 4.98 Å². The topological polar surface area (TPSA) is 25.2 Å². The molecule has 0 aliphatic heterocycles. The number of hydrogen-bond acceptors (Lipinski definition) is 2. The Bertz CT molecular complexity index is 389. The fourth-order valence-electron chi connectivity index (χ4n) is 0.904. The first kappa shape index (κ1) is 13.5. The highest BCUT2D eigenvalue weighted by molar-refractivity contribution is 5.78. The van der Waals surface area contributed by atoms with Crippen LogP contribution in [0.4, 0.5) is 26.3 Å². The third-order valence-corrected chi connectivity index (χ3v) is 1.59. The van der Waals surface area contributed by atoms with Gasteiger partial charge in [-0.1, -0.05) is 0 Å². The van der Waals surface area contributed by atoms with E-state index in [0.29, 0.717) is 6.07 Å². The van der Waals surface area contributed by atoms with E-state index in [1.165, 1.54) is 0 Å². The number of halogens is 6. The highest BCUT2D eigenvalue weighted by Crippen LogP contribution is 2.26. The maximum absolute atomic E-state index is 12.1. The van der Waals surface area contributed by atoms with E-state index in [-0.39, 0.29) is 5.56 Å². The monoisotopic (exact) mass is 256 g/mol. The van der Waals surface area contributed by atoms with Crippen LogP contribution >= 0.6 is 0 Å². The van der Waals surface area contributed by atoms with Gasteiger partial charge in [-0.25, -0.2) is 0 Å². The van der Waals surface area contributed by atoms with Gasteiger partial charge in [-0.3, -0.25) is 9.98 Å². The summed E-state index contributed by atoms with van der Waals surface area (Å²) in [6, 6.07) is 1.67. The molecular weight excluding hydrogens is 250 g/mol. The molecule has 0 bridgehead atoms. The molecule has 1 aromatic rings. The molecule has 0 radical (unpaired) electrons. The predicted molar refractivity (Wildman–Crippen MR) is 47.8 cm³/mol. The summed E-state index contributed by atoms with van der Waals surface area (Å²) in [5.41, 5.74) is -1.03. The molecule has 8 heteroatoms. The lowest BCUT2D eigenvalue weighted by atomic mass is 10.2. The van der Waals surface area contributed by atoms with Crippen LogP contribution in [0.3, 0.4) is 0 Å². The Morgan fingerprint density at radius 1 is 1.12 bits per heavy atom. The zero-order valence-corrected chi connectivity index (χ0v) is 8.18. The molecule has 94 valence electrons. The minimum absolute atomic E-state index is 0.0715. The summed E-state index contributed by atoms with van der Waals surface area (Å²) in [5.74, 6) is 0. The number of aromatic nitrogens is 1. The van der Waals surface area contributed by atoms with Gasteiger partial charge in [0.25, 0.3) is 0 Å². The zero-order valence-electron chi connectivity index (χ0n) is 8.18. The molecular formula is C9H6F6N2. The van der Waals surface area contributed by atoms with Crippen LogP contribution in [-0.4, -0.2) is 23.9 Å². The number of hydrogen-bond donors (Lipinski definition) is 0. The van der Waals surface area contributed by atoms with Gasteiger partial charge < -0.3 is 0 Å². The molecule has 2 nitrogen and oxygen atoms in total. The van der Waals surface area contributed by atoms with Gasteiger partial charge in [0.05, 0.1) is 0 Å². The molecule has 0 saturated carbocycles. The molecule has 1 heterocycles. The summed E-state index contributed by atoms with van der Waals surface area (Å²) in [5, 5.41) is 0. The lowest BCUT2D eigenvalue weighted by Crippen LogP contribution is -2.12. The summed E-state index contributed by atoms with van der Waals surface area (Å²) in [6.45, 7) is -1.38. The van der Waals surface area contributed by atoms with E-state index < -0.39 is 24.6 Å². The Labute approximate surface area is 92.0 Å². The van der Waals surface area contributed by atoms with E-state index in [1.807, 2.05) is 0 Å². The number of pyridine rings is 1. The normalized spacial score (nSPS) is 13.3. The molecule has 1 rings (SSSR count). The van der Waals surface area contributed by atoms with Gasteiger partial charge in [-0.15, -0.1) is 0 Å². The second-order valence-corrected chi connectivity index (χ2v) is 3.06. The second-order valence-electron chi connectivity index (χ2n) is 3.06. The third-order valence-electron chi connectivity index (χ3n) is 1.59. The van der Waals surface area contributed by atoms with Crippen molar-refractivity contribution in [1.29, 1.82) is 0 Å². The van der Waals surface area contributed by atoms with Crippen molar-refractivity contribution < 1.29 is 26.3 Å². The van der Waals surface area contributed by atoms with E-state index in [2.05, 4.69) is 9.98 Å². The van der Waals surface area contributed by atoms with Crippen molar-refractivity contribution in [3.8, 4) is 0 Å². The van der Waals surface area contributed by atoms with Crippen LogP contribution in [0.5, 0.6) is 0 Å². The van der Waals surface area contributed by atoms with Crippen LogP contribution in [0.15, 0.2) is 23.3 Å². The number of aliphatic imine (C=N–C) groups is 1. The average molecular weight is 256 g/mol. The zero-order chi connectivity index (χ0) is 13.1. The molecule has 0 saturated heterocycles. The van der Waals surface area contributed by atoms with Crippen molar-refractivity contribution in [2.24, 2.45) is 4.99 Å². The van der Waals surface area contributed by atoms with Crippen molar-refractivity contribution >= 4 is 6.21 Å². The fourth-order valence-corrected chi connectivity index (χ4v) is 0.904. The molecule has 0 fully saturated rings. The van der Waals surface area contributed by atoms with Gasteiger partial charge in [0.1, 0.15) is 12.2 Å². The van der Waals surface area contributed by atoms with Gasteiger partial charge in [-0.2, -0.15) is 26.3 Å². The predicted octanol–water partition coefficient (Wildman–Crippen LogP) is 3.08. The van der Waals surface area contributed by atoms with Crippen molar-refractivity contribution in [2.45, 2.75) is 12.4 Å². The highest BCUT2D eigenvalue weighted by Gasteiger charge is 2.32. The third kappa shape index (κ3) is 4.83. The molecule has 0 aromatic carbocycles. The minimum Gasteiger partial charge on any atom is -0.283 e. The van der Waals surface area contributed by atoms with E-state index in [9.17, 15) is 26.3 Å². The van der Waals surface area contributed by atoms with Gasteiger partial charge in [0, 0.05) is 18.0 Å². The van der Waals surface area contributed by atoms with Crippen molar-refractivity contribution in [2.75, 3.05) is 6.54 Å². The Morgan fingerprint density at radius 3 is 2.18 bits per heavy atom. The van der Waals surface area contributed by atoms with Crippen molar-refractivity contribution in [3.05, 3.63) is 29.6 Å². The van der Waals surface area contributed by atoms with Crippen LogP contribution in [0.2, 0.25) is 0 Å². The summed E-state index contributed by atoms with van der Waals surface area (Å²) in [6.07, 6.45) is -7.37. The first-order chi connectivity index (χ1) is 7.68. The smallest absolute Gasteiger partial charge is 0.283 e. The maximum Gasteiger partial charge on any atom is 0.433 e. The first-order valence-electron chi connectivity index (χ1n) is 4.28. The Kier molecular flexibility index (Phi) is 3.74. The maximum atomic E-state index is 12.1. The van der Waals surface area contributed by atoms with E-state index in [4.69, 9.17) is 0 Å². The quantitative estimate of drug-likeness (QED) is 0.589. The average Bonchev–Trinajstić information content (AvgIpc) is 2.15. The standard InChI is InChI=1S/C9H6F6N2/c10-8(11,12)5-16-3-6-1-2-7(17-4-6)9(13,14)15/h1-4H,5H2. The van der Waals surface area contributed by atoms with Crippen LogP contribution in [0.25, 0.3) is 0 Å². The van der Waals surface area contributed by atoms with Gasteiger partial charge >= 0.3 is 12.4 Å². The van der Waals surface area contributed by atoms with Crippen LogP contribution in [0.1, 0.15) is 11.3 Å². The summed E-state index contributed by atoms with van der Waals surface area (Å²) in [4.78, 5) is 6.10.